The molecule has 6 heteroatoms. The molecule has 1 aliphatic rings. The predicted molar refractivity (Wildman–Crippen MR) is 51.9 cm³/mol. The lowest BCUT2D eigenvalue weighted by molar-refractivity contribution is -0.742. The Labute approximate surface area is 86.1 Å². The first-order chi connectivity index (χ1) is 7.02. The zero-order chi connectivity index (χ0) is 11.4. The van der Waals surface area contributed by atoms with Crippen LogP contribution in [0.25, 0.3) is 0 Å². The van der Waals surface area contributed by atoms with Crippen molar-refractivity contribution in [1.29, 1.82) is 0 Å². The maximum atomic E-state index is 9.39. The topological polar surface area (TPSA) is 110 Å². The largest absolute Gasteiger partial charge is 0.391 e. The maximum absolute atomic E-state index is 9.39. The van der Waals surface area contributed by atoms with Crippen molar-refractivity contribution in [2.75, 3.05) is 0 Å². The van der Waals surface area contributed by atoms with E-state index in [0.717, 1.165) is 5.56 Å². The second kappa shape index (κ2) is 4.72. The molecule has 0 amide bonds. The molecule has 0 heterocycles. The minimum absolute atomic E-state index is 0.175. The second-order valence-electron chi connectivity index (χ2n) is 3.23. The Morgan fingerprint density at radius 1 is 1.47 bits per heavy atom. The summed E-state index contributed by atoms with van der Waals surface area (Å²) in [6, 6.07) is 7.76. The van der Waals surface area contributed by atoms with Crippen LogP contribution < -0.4 is 5.73 Å². The number of aliphatic hydroxyl groups is 1. The van der Waals surface area contributed by atoms with Gasteiger partial charge < -0.3 is 16.0 Å². The van der Waals surface area contributed by atoms with Crippen LogP contribution in [0.5, 0.6) is 0 Å². The molecule has 0 fully saturated rings. The molecule has 4 N–H and O–H groups in total. The van der Waals surface area contributed by atoms with Crippen LogP contribution in [-0.2, 0) is 6.42 Å². The number of nitrogens with two attached hydrogens (primary N) is 1. The van der Waals surface area contributed by atoms with Gasteiger partial charge in [0.15, 0.2) is 0 Å². The number of hydrogen-bond acceptors (Lipinski definition) is 4. The third-order valence-electron chi connectivity index (χ3n) is 2.26. The smallest absolute Gasteiger partial charge is 0.291 e. The molecule has 6 nitrogen and oxygen atoms in total. The van der Waals surface area contributed by atoms with E-state index in [-0.39, 0.29) is 12.1 Å². The van der Waals surface area contributed by atoms with Crippen LogP contribution in [0.3, 0.4) is 0 Å². The van der Waals surface area contributed by atoms with Gasteiger partial charge >= 0.3 is 0 Å². The molecule has 0 radical (unpaired) electrons. The van der Waals surface area contributed by atoms with Crippen molar-refractivity contribution < 1.29 is 15.4 Å². The second-order valence-corrected chi connectivity index (χ2v) is 3.23. The van der Waals surface area contributed by atoms with Crippen molar-refractivity contribution in [2.24, 2.45) is 5.73 Å². The van der Waals surface area contributed by atoms with Crippen LogP contribution in [0, 0.1) is 10.1 Å². The van der Waals surface area contributed by atoms with Crippen molar-refractivity contribution in [3.05, 3.63) is 45.5 Å². The van der Waals surface area contributed by atoms with E-state index in [1.54, 1.807) is 0 Å². The van der Waals surface area contributed by atoms with E-state index in [1.807, 2.05) is 24.3 Å². The molecule has 2 atom stereocenters. The third kappa shape index (κ3) is 2.90. The standard InChI is InChI=1S/C9H11NO.HNO3/c10-9-7-4-2-1-3-6(7)5-8(9)11;2-1(3)4/h1-4,8-9,11H,5,10H2;(H,2,3,4). The van der Waals surface area contributed by atoms with Gasteiger partial charge in [-0.25, -0.2) is 0 Å². The highest BCUT2D eigenvalue weighted by atomic mass is 16.9. The van der Waals surface area contributed by atoms with Crippen LogP contribution in [0.4, 0.5) is 0 Å². The maximum Gasteiger partial charge on any atom is 0.291 e. The van der Waals surface area contributed by atoms with Gasteiger partial charge in [-0.3, -0.25) is 0 Å². The first-order valence-electron chi connectivity index (χ1n) is 4.37. The Hall–Kier alpha value is -1.66. The quantitative estimate of drug-likeness (QED) is 0.422. The first-order valence-corrected chi connectivity index (χ1v) is 4.37. The molecule has 0 aromatic heterocycles. The van der Waals surface area contributed by atoms with Gasteiger partial charge in [0.25, 0.3) is 5.09 Å². The van der Waals surface area contributed by atoms with Gasteiger partial charge in [0, 0.05) is 6.42 Å². The normalized spacial score (nSPS) is 22.5. The van der Waals surface area contributed by atoms with E-state index in [1.165, 1.54) is 5.56 Å². The average Bonchev–Trinajstić information content (AvgIpc) is 2.43. The lowest BCUT2D eigenvalue weighted by atomic mass is 10.1. The van der Waals surface area contributed by atoms with Gasteiger partial charge in [-0.2, -0.15) is 0 Å². The molecule has 2 rings (SSSR count). The van der Waals surface area contributed by atoms with Gasteiger partial charge in [-0.1, -0.05) is 24.3 Å². The summed E-state index contributed by atoms with van der Waals surface area (Å²) in [5.74, 6) is 0. The number of fused-ring (bicyclic) bond motifs is 1. The molecular formula is C9H12N2O4. The van der Waals surface area contributed by atoms with Gasteiger partial charge in [-0.15, -0.1) is 10.1 Å². The zero-order valence-corrected chi connectivity index (χ0v) is 7.91. The molecular weight excluding hydrogens is 200 g/mol. The minimum atomic E-state index is -1.50. The summed E-state index contributed by atoms with van der Waals surface area (Å²) in [7, 11) is 0. The van der Waals surface area contributed by atoms with Gasteiger partial charge in [0.05, 0.1) is 12.1 Å². The van der Waals surface area contributed by atoms with Crippen molar-refractivity contribution in [1.82, 2.24) is 0 Å². The number of rotatable bonds is 0. The van der Waals surface area contributed by atoms with E-state index in [9.17, 15) is 5.11 Å². The zero-order valence-electron chi connectivity index (χ0n) is 7.91. The fourth-order valence-electron chi connectivity index (χ4n) is 1.60. The monoisotopic (exact) mass is 212 g/mol. The Morgan fingerprint density at radius 2 is 2.00 bits per heavy atom. The van der Waals surface area contributed by atoms with E-state index >= 15 is 0 Å². The van der Waals surface area contributed by atoms with Crippen molar-refractivity contribution in [3.8, 4) is 0 Å². The fraction of sp³-hybridized carbons (Fsp3) is 0.333. The van der Waals surface area contributed by atoms with Crippen LogP contribution in [-0.4, -0.2) is 21.5 Å². The van der Waals surface area contributed by atoms with Crippen molar-refractivity contribution in [2.45, 2.75) is 18.6 Å². The van der Waals surface area contributed by atoms with Gasteiger partial charge in [-0.05, 0) is 11.1 Å². The van der Waals surface area contributed by atoms with E-state index in [4.69, 9.17) is 21.1 Å². The number of benzene rings is 1. The van der Waals surface area contributed by atoms with Crippen LogP contribution in [0.15, 0.2) is 24.3 Å². The van der Waals surface area contributed by atoms with E-state index in [0.29, 0.717) is 6.42 Å². The minimum Gasteiger partial charge on any atom is -0.391 e. The fourth-order valence-corrected chi connectivity index (χ4v) is 1.60. The molecule has 0 saturated heterocycles. The van der Waals surface area contributed by atoms with Crippen LogP contribution in [0.2, 0.25) is 0 Å². The summed E-state index contributed by atoms with van der Waals surface area (Å²) in [6.45, 7) is 0. The lowest BCUT2D eigenvalue weighted by Gasteiger charge is -2.07. The highest BCUT2D eigenvalue weighted by molar-refractivity contribution is 5.35. The molecule has 2 unspecified atom stereocenters. The number of nitrogens with zero attached hydrogens (tertiary/aromatic N) is 1. The summed E-state index contributed by atoms with van der Waals surface area (Å²) >= 11 is 0. The van der Waals surface area contributed by atoms with Gasteiger partial charge in [0.1, 0.15) is 0 Å². The van der Waals surface area contributed by atoms with E-state index in [2.05, 4.69) is 0 Å². The molecule has 1 aliphatic carbocycles. The Kier molecular flexibility index (Phi) is 3.59. The Balaban J connectivity index is 0.000000245. The highest BCUT2D eigenvalue weighted by Crippen LogP contribution is 2.28. The first kappa shape index (κ1) is 11.4. The molecule has 0 aliphatic heterocycles. The Morgan fingerprint density at radius 3 is 2.53 bits per heavy atom. The molecule has 82 valence electrons. The van der Waals surface area contributed by atoms with Crippen LogP contribution >= 0.6 is 0 Å². The summed E-state index contributed by atoms with van der Waals surface area (Å²) in [4.78, 5) is 8.36. The average molecular weight is 212 g/mol. The molecule has 1 aromatic rings. The SMILES string of the molecule is NC1c2ccccc2CC1O.O=[N+]([O-])O. The summed E-state index contributed by atoms with van der Waals surface area (Å²) in [5, 5.41) is 23.0. The summed E-state index contributed by atoms with van der Waals surface area (Å²) < 4.78 is 0. The molecule has 0 bridgehead atoms. The van der Waals surface area contributed by atoms with Crippen molar-refractivity contribution >= 4 is 0 Å². The Bertz CT molecular complexity index is 352. The predicted octanol–water partition coefficient (Wildman–Crippen LogP) is 0.256. The van der Waals surface area contributed by atoms with Crippen molar-refractivity contribution in [3.63, 3.8) is 0 Å². The lowest BCUT2D eigenvalue weighted by Crippen LogP contribution is -2.21. The van der Waals surface area contributed by atoms with Gasteiger partial charge in [0.2, 0.25) is 0 Å². The number of aliphatic hydroxyl groups excluding tert-OH is 1. The van der Waals surface area contributed by atoms with E-state index < -0.39 is 5.09 Å². The third-order valence-corrected chi connectivity index (χ3v) is 2.26. The molecule has 15 heavy (non-hydrogen) atoms. The summed E-state index contributed by atoms with van der Waals surface area (Å²) in [5.41, 5.74) is 8.02. The van der Waals surface area contributed by atoms with Crippen LogP contribution in [0.1, 0.15) is 17.2 Å². The highest BCUT2D eigenvalue weighted by Gasteiger charge is 2.26. The molecule has 0 saturated carbocycles. The molecule has 1 aromatic carbocycles. The number of hydrogen-bond donors (Lipinski definition) is 3. The summed E-state index contributed by atoms with van der Waals surface area (Å²) in [6.07, 6.45) is 0.324. The molecule has 0 spiro atoms.